The number of hydrogen-bond donors (Lipinski definition) is 1. The lowest BCUT2D eigenvalue weighted by molar-refractivity contribution is 0.0491. The first kappa shape index (κ1) is 12.3. The van der Waals surface area contributed by atoms with Crippen LogP contribution in [0.3, 0.4) is 0 Å². The van der Waals surface area contributed by atoms with Gasteiger partial charge in [0.05, 0.1) is 6.61 Å². The van der Waals surface area contributed by atoms with E-state index in [1.54, 1.807) is 12.1 Å². The van der Waals surface area contributed by atoms with E-state index in [0.29, 0.717) is 24.8 Å². The molecule has 94 valence electrons. The van der Waals surface area contributed by atoms with Crippen LogP contribution in [0, 0.1) is 11.7 Å². The number of hydrogen-bond acceptors (Lipinski definition) is 3. The molecule has 2 rings (SSSR count). The minimum atomic E-state index is -0.333. The van der Waals surface area contributed by atoms with Crippen molar-refractivity contribution in [3.63, 3.8) is 0 Å². The molecule has 1 heterocycles. The molecule has 17 heavy (non-hydrogen) atoms. The quantitative estimate of drug-likeness (QED) is 0.875. The molecule has 0 atom stereocenters. The second kappa shape index (κ2) is 5.98. The summed E-state index contributed by atoms with van der Waals surface area (Å²) in [6.45, 7) is 2.46. The van der Waals surface area contributed by atoms with Crippen LogP contribution in [-0.4, -0.2) is 19.8 Å². The van der Waals surface area contributed by atoms with Crippen molar-refractivity contribution in [1.82, 2.24) is 0 Å². The lowest BCUT2D eigenvalue weighted by Crippen LogP contribution is -2.21. The van der Waals surface area contributed by atoms with E-state index >= 15 is 0 Å². The Balaban J connectivity index is 1.89. The number of nitrogens with two attached hydrogens (primary N) is 1. The fourth-order valence-corrected chi connectivity index (χ4v) is 1.91. The monoisotopic (exact) mass is 239 g/mol. The van der Waals surface area contributed by atoms with Gasteiger partial charge in [0, 0.05) is 19.8 Å². The lowest BCUT2D eigenvalue weighted by Gasteiger charge is -2.22. The number of benzene rings is 1. The van der Waals surface area contributed by atoms with Gasteiger partial charge >= 0.3 is 0 Å². The van der Waals surface area contributed by atoms with Crippen LogP contribution in [0.25, 0.3) is 0 Å². The Bertz CT molecular complexity index is 364. The Morgan fingerprint density at radius 2 is 2.12 bits per heavy atom. The first-order valence-electron chi connectivity index (χ1n) is 5.98. The largest absolute Gasteiger partial charge is 0.490 e. The van der Waals surface area contributed by atoms with E-state index in [9.17, 15) is 4.39 Å². The van der Waals surface area contributed by atoms with Gasteiger partial charge in [0.15, 0.2) is 11.6 Å². The van der Waals surface area contributed by atoms with Crippen molar-refractivity contribution in [2.45, 2.75) is 19.4 Å². The molecule has 0 saturated carbocycles. The SMILES string of the molecule is NCc1ccc(OCC2CCOCC2)c(F)c1. The van der Waals surface area contributed by atoms with Crippen molar-refractivity contribution < 1.29 is 13.9 Å². The molecular formula is C13H18FNO2. The standard InChI is InChI=1S/C13H18FNO2/c14-12-7-11(8-15)1-2-13(12)17-9-10-3-5-16-6-4-10/h1-2,7,10H,3-6,8-9,15H2. The highest BCUT2D eigenvalue weighted by Gasteiger charge is 2.15. The zero-order valence-corrected chi connectivity index (χ0v) is 9.82. The maximum absolute atomic E-state index is 13.6. The van der Waals surface area contributed by atoms with Crippen molar-refractivity contribution in [3.05, 3.63) is 29.6 Å². The van der Waals surface area contributed by atoms with Crippen LogP contribution in [0.4, 0.5) is 4.39 Å². The highest BCUT2D eigenvalue weighted by atomic mass is 19.1. The summed E-state index contributed by atoms with van der Waals surface area (Å²) in [5.41, 5.74) is 6.22. The zero-order valence-electron chi connectivity index (χ0n) is 9.82. The summed E-state index contributed by atoms with van der Waals surface area (Å²) in [7, 11) is 0. The third-order valence-corrected chi connectivity index (χ3v) is 3.05. The fraction of sp³-hybridized carbons (Fsp3) is 0.538. The average molecular weight is 239 g/mol. The van der Waals surface area contributed by atoms with E-state index in [2.05, 4.69) is 0 Å². The van der Waals surface area contributed by atoms with Gasteiger partial charge in [0.2, 0.25) is 0 Å². The van der Waals surface area contributed by atoms with Crippen LogP contribution in [0.15, 0.2) is 18.2 Å². The summed E-state index contributed by atoms with van der Waals surface area (Å²) in [6, 6.07) is 4.87. The molecule has 1 saturated heterocycles. The molecule has 1 aliphatic heterocycles. The summed E-state index contributed by atoms with van der Waals surface area (Å²) in [5, 5.41) is 0. The minimum absolute atomic E-state index is 0.314. The molecule has 3 nitrogen and oxygen atoms in total. The van der Waals surface area contributed by atoms with Gasteiger partial charge in [-0.15, -0.1) is 0 Å². The van der Waals surface area contributed by atoms with Gasteiger partial charge in [-0.25, -0.2) is 4.39 Å². The van der Waals surface area contributed by atoms with Crippen LogP contribution in [0.1, 0.15) is 18.4 Å². The van der Waals surface area contributed by atoms with Gasteiger partial charge in [-0.2, -0.15) is 0 Å². The maximum Gasteiger partial charge on any atom is 0.165 e. The summed E-state index contributed by atoms with van der Waals surface area (Å²) in [4.78, 5) is 0. The predicted octanol–water partition coefficient (Wildman–Crippen LogP) is 2.09. The molecular weight excluding hydrogens is 221 g/mol. The topological polar surface area (TPSA) is 44.5 Å². The van der Waals surface area contributed by atoms with Crippen molar-refractivity contribution >= 4 is 0 Å². The molecule has 0 radical (unpaired) electrons. The summed E-state index contributed by atoms with van der Waals surface area (Å²) < 4.78 is 24.4. The van der Waals surface area contributed by atoms with Crippen LogP contribution >= 0.6 is 0 Å². The van der Waals surface area contributed by atoms with Crippen LogP contribution in [0.2, 0.25) is 0 Å². The molecule has 1 fully saturated rings. The van der Waals surface area contributed by atoms with Crippen LogP contribution < -0.4 is 10.5 Å². The first-order valence-corrected chi connectivity index (χ1v) is 5.98. The van der Waals surface area contributed by atoms with Crippen molar-refractivity contribution in [3.8, 4) is 5.75 Å². The summed E-state index contributed by atoms with van der Waals surface area (Å²) >= 11 is 0. The lowest BCUT2D eigenvalue weighted by atomic mass is 10.0. The van der Waals surface area contributed by atoms with Crippen LogP contribution in [-0.2, 0) is 11.3 Å². The van der Waals surface area contributed by atoms with E-state index in [0.717, 1.165) is 31.6 Å². The van der Waals surface area contributed by atoms with Crippen molar-refractivity contribution in [1.29, 1.82) is 0 Å². The molecule has 0 spiro atoms. The van der Waals surface area contributed by atoms with E-state index in [1.165, 1.54) is 6.07 Å². The normalized spacial score (nSPS) is 17.1. The Labute approximate surface area is 101 Å². The molecule has 0 unspecified atom stereocenters. The van der Waals surface area contributed by atoms with Gasteiger partial charge in [-0.3, -0.25) is 0 Å². The fourth-order valence-electron chi connectivity index (χ4n) is 1.91. The van der Waals surface area contributed by atoms with Gasteiger partial charge in [-0.05, 0) is 36.5 Å². The second-order valence-electron chi connectivity index (χ2n) is 4.34. The average Bonchev–Trinajstić information content (AvgIpc) is 2.38. The van der Waals surface area contributed by atoms with Crippen LogP contribution in [0.5, 0.6) is 5.75 Å². The van der Waals surface area contributed by atoms with E-state index < -0.39 is 0 Å². The Hall–Kier alpha value is -1.13. The molecule has 0 aromatic heterocycles. The molecule has 0 amide bonds. The van der Waals surface area contributed by atoms with Crippen molar-refractivity contribution in [2.75, 3.05) is 19.8 Å². The number of rotatable bonds is 4. The van der Waals surface area contributed by atoms with Gasteiger partial charge < -0.3 is 15.2 Å². The molecule has 4 heteroatoms. The molecule has 0 aliphatic carbocycles. The molecule has 2 N–H and O–H groups in total. The molecule has 1 aromatic carbocycles. The predicted molar refractivity (Wildman–Crippen MR) is 63.3 cm³/mol. The highest BCUT2D eigenvalue weighted by molar-refractivity contribution is 5.29. The number of halogens is 1. The zero-order chi connectivity index (χ0) is 12.1. The molecule has 1 aromatic rings. The van der Waals surface area contributed by atoms with Crippen molar-refractivity contribution in [2.24, 2.45) is 11.7 Å². The first-order chi connectivity index (χ1) is 8.29. The van der Waals surface area contributed by atoms with Gasteiger partial charge in [-0.1, -0.05) is 6.07 Å². The summed E-state index contributed by atoms with van der Waals surface area (Å²) in [5.74, 6) is 0.450. The summed E-state index contributed by atoms with van der Waals surface area (Å²) in [6.07, 6.45) is 1.98. The Kier molecular flexibility index (Phi) is 4.34. The molecule has 0 bridgehead atoms. The van der Waals surface area contributed by atoms with Gasteiger partial charge in [0.1, 0.15) is 0 Å². The minimum Gasteiger partial charge on any atom is -0.490 e. The van der Waals surface area contributed by atoms with Gasteiger partial charge in [0.25, 0.3) is 0 Å². The Morgan fingerprint density at radius 3 is 2.76 bits per heavy atom. The third kappa shape index (κ3) is 3.41. The van der Waals surface area contributed by atoms with E-state index in [4.69, 9.17) is 15.2 Å². The highest BCUT2D eigenvalue weighted by Crippen LogP contribution is 2.21. The maximum atomic E-state index is 13.6. The number of ether oxygens (including phenoxy) is 2. The smallest absolute Gasteiger partial charge is 0.165 e. The van der Waals surface area contributed by atoms with E-state index in [-0.39, 0.29) is 5.82 Å². The van der Waals surface area contributed by atoms with E-state index in [1.807, 2.05) is 0 Å². The molecule has 1 aliphatic rings. The second-order valence-corrected chi connectivity index (χ2v) is 4.34. The third-order valence-electron chi connectivity index (χ3n) is 3.05. The Morgan fingerprint density at radius 1 is 1.35 bits per heavy atom.